The SMILES string of the molecule is COc1cccc(OC)c1-n1c(CCC2CC2)nc(=O)c(-c2nnc(CNC(=O)c3cccc(Cl)c3)o2)c1O. The van der Waals surface area contributed by atoms with Gasteiger partial charge in [0.05, 0.1) is 20.8 Å². The molecule has 0 bridgehead atoms. The Hall–Kier alpha value is -4.38. The minimum Gasteiger partial charge on any atom is -0.494 e. The Balaban J connectivity index is 1.51. The third kappa shape index (κ3) is 5.58. The number of aromatic hydroxyl groups is 1. The van der Waals surface area contributed by atoms with E-state index in [4.69, 9.17) is 25.5 Å². The Kier molecular flexibility index (Phi) is 7.51. The van der Waals surface area contributed by atoms with Crippen molar-refractivity contribution in [3.8, 4) is 34.5 Å². The van der Waals surface area contributed by atoms with Gasteiger partial charge in [0, 0.05) is 17.0 Å². The first-order valence-corrected chi connectivity index (χ1v) is 12.7. The molecule has 2 heterocycles. The van der Waals surface area contributed by atoms with E-state index in [2.05, 4.69) is 20.5 Å². The zero-order valence-corrected chi connectivity index (χ0v) is 22.1. The molecule has 0 radical (unpaired) electrons. The molecule has 202 valence electrons. The van der Waals surface area contributed by atoms with Crippen LogP contribution in [-0.2, 0) is 13.0 Å². The molecule has 0 atom stereocenters. The number of ether oxygens (including phenoxy) is 2. The van der Waals surface area contributed by atoms with Crippen molar-refractivity contribution in [2.24, 2.45) is 5.92 Å². The van der Waals surface area contributed by atoms with Crippen LogP contribution in [0.4, 0.5) is 0 Å². The van der Waals surface area contributed by atoms with Crippen molar-refractivity contribution in [2.45, 2.75) is 32.2 Å². The first-order chi connectivity index (χ1) is 18.9. The summed E-state index contributed by atoms with van der Waals surface area (Å²) in [5, 5.41) is 22.4. The quantitative estimate of drug-likeness (QED) is 0.300. The van der Waals surface area contributed by atoms with Crippen molar-refractivity contribution in [1.29, 1.82) is 0 Å². The summed E-state index contributed by atoms with van der Waals surface area (Å²) in [6.07, 6.45) is 3.54. The number of aromatic nitrogens is 4. The van der Waals surface area contributed by atoms with E-state index in [1.54, 1.807) is 36.4 Å². The van der Waals surface area contributed by atoms with Gasteiger partial charge in [-0.3, -0.25) is 14.2 Å². The van der Waals surface area contributed by atoms with E-state index in [9.17, 15) is 14.7 Å². The fourth-order valence-electron chi connectivity index (χ4n) is 4.25. The van der Waals surface area contributed by atoms with Gasteiger partial charge in [-0.1, -0.05) is 36.6 Å². The van der Waals surface area contributed by atoms with Crippen LogP contribution in [-0.4, -0.2) is 45.0 Å². The van der Waals surface area contributed by atoms with Crippen LogP contribution in [0.25, 0.3) is 17.1 Å². The van der Waals surface area contributed by atoms with E-state index in [0.717, 1.165) is 19.3 Å². The first kappa shape index (κ1) is 26.2. The second-order valence-corrected chi connectivity index (χ2v) is 9.49. The normalized spacial score (nSPS) is 12.8. The van der Waals surface area contributed by atoms with Crippen LogP contribution < -0.4 is 20.3 Å². The number of para-hydroxylation sites is 1. The van der Waals surface area contributed by atoms with Crippen molar-refractivity contribution >= 4 is 17.5 Å². The summed E-state index contributed by atoms with van der Waals surface area (Å²) < 4.78 is 18.2. The summed E-state index contributed by atoms with van der Waals surface area (Å²) in [6.45, 7) is -0.111. The lowest BCUT2D eigenvalue weighted by molar-refractivity contribution is 0.0947. The van der Waals surface area contributed by atoms with E-state index >= 15 is 0 Å². The Bertz CT molecular complexity index is 1560. The first-order valence-electron chi connectivity index (χ1n) is 12.3. The topological polar surface area (TPSA) is 142 Å². The van der Waals surface area contributed by atoms with Gasteiger partial charge in [0.15, 0.2) is 5.56 Å². The van der Waals surface area contributed by atoms with Gasteiger partial charge in [0.25, 0.3) is 17.4 Å². The van der Waals surface area contributed by atoms with Gasteiger partial charge in [-0.25, -0.2) is 0 Å². The molecule has 4 aromatic rings. The molecule has 0 aliphatic heterocycles. The summed E-state index contributed by atoms with van der Waals surface area (Å²) in [7, 11) is 3.00. The Morgan fingerprint density at radius 1 is 1.15 bits per heavy atom. The smallest absolute Gasteiger partial charge is 0.289 e. The number of halogens is 1. The van der Waals surface area contributed by atoms with E-state index in [1.165, 1.54) is 24.9 Å². The number of benzene rings is 2. The van der Waals surface area contributed by atoms with Crippen molar-refractivity contribution in [1.82, 2.24) is 25.1 Å². The molecule has 1 saturated carbocycles. The standard InChI is InChI=1S/C27H26ClN5O6/c1-37-18-7-4-8-19(38-2)23(18)33-20(12-11-15-9-10-15)30-25(35)22(27(33)36)26-32-31-21(39-26)14-29-24(34)16-5-3-6-17(28)13-16/h3-8,13,15,36H,9-12,14H2,1-2H3,(H,29,34). The maximum atomic E-state index is 13.1. The number of nitrogens with zero attached hydrogens (tertiary/aromatic N) is 4. The van der Waals surface area contributed by atoms with Crippen LogP contribution in [0.5, 0.6) is 17.4 Å². The molecule has 0 unspecified atom stereocenters. The Morgan fingerprint density at radius 3 is 2.54 bits per heavy atom. The monoisotopic (exact) mass is 551 g/mol. The Labute approximate surface area is 228 Å². The number of hydrogen-bond donors (Lipinski definition) is 2. The zero-order valence-electron chi connectivity index (χ0n) is 21.3. The number of methoxy groups -OCH3 is 2. The number of amides is 1. The van der Waals surface area contributed by atoms with E-state index in [1.807, 2.05) is 0 Å². The van der Waals surface area contributed by atoms with Crippen LogP contribution in [0, 0.1) is 5.92 Å². The number of hydrogen-bond acceptors (Lipinski definition) is 9. The highest BCUT2D eigenvalue weighted by Crippen LogP contribution is 2.39. The van der Waals surface area contributed by atoms with Crippen molar-refractivity contribution in [3.63, 3.8) is 0 Å². The molecule has 39 heavy (non-hydrogen) atoms. The Morgan fingerprint density at radius 2 is 1.87 bits per heavy atom. The van der Waals surface area contributed by atoms with Gasteiger partial charge in [0.2, 0.25) is 11.8 Å². The molecule has 1 aliphatic rings. The maximum absolute atomic E-state index is 13.1. The van der Waals surface area contributed by atoms with Crippen LogP contribution >= 0.6 is 11.6 Å². The third-order valence-electron chi connectivity index (χ3n) is 6.40. The molecule has 2 aromatic carbocycles. The molecule has 0 saturated heterocycles. The highest BCUT2D eigenvalue weighted by Gasteiger charge is 2.28. The third-order valence-corrected chi connectivity index (χ3v) is 6.64. The number of aryl methyl sites for hydroxylation is 1. The molecule has 0 spiro atoms. The molecule has 2 aromatic heterocycles. The lowest BCUT2D eigenvalue weighted by Gasteiger charge is -2.20. The predicted octanol–water partition coefficient (Wildman–Crippen LogP) is 3.93. The average Bonchev–Trinajstić information content (AvgIpc) is 3.66. The molecule has 5 rings (SSSR count). The fourth-order valence-corrected chi connectivity index (χ4v) is 4.44. The zero-order chi connectivity index (χ0) is 27.5. The number of rotatable bonds is 10. The minimum absolute atomic E-state index is 0.0263. The maximum Gasteiger partial charge on any atom is 0.289 e. The van der Waals surface area contributed by atoms with Crippen molar-refractivity contribution in [3.05, 3.63) is 75.1 Å². The molecule has 11 nitrogen and oxygen atoms in total. The van der Waals surface area contributed by atoms with Crippen LogP contribution in [0.15, 0.2) is 51.7 Å². The predicted molar refractivity (Wildman–Crippen MR) is 142 cm³/mol. The highest BCUT2D eigenvalue weighted by atomic mass is 35.5. The number of nitrogens with one attached hydrogen (secondary N) is 1. The van der Waals surface area contributed by atoms with E-state index in [0.29, 0.717) is 45.9 Å². The number of carbonyl (C=O) groups is 1. The molecule has 12 heteroatoms. The second-order valence-electron chi connectivity index (χ2n) is 9.05. The second kappa shape index (κ2) is 11.2. The largest absolute Gasteiger partial charge is 0.494 e. The molecular weight excluding hydrogens is 526 g/mol. The molecule has 2 N–H and O–H groups in total. The van der Waals surface area contributed by atoms with Gasteiger partial charge < -0.3 is 24.3 Å². The average molecular weight is 552 g/mol. The summed E-state index contributed by atoms with van der Waals surface area (Å²) in [6, 6.07) is 11.6. The summed E-state index contributed by atoms with van der Waals surface area (Å²) in [5.41, 5.74) is -0.257. The van der Waals surface area contributed by atoms with Crippen LogP contribution in [0.3, 0.4) is 0 Å². The molecular formula is C27H26ClN5O6. The lowest BCUT2D eigenvalue weighted by Crippen LogP contribution is -2.22. The number of carbonyl (C=O) groups excluding carboxylic acids is 1. The molecule has 1 fully saturated rings. The summed E-state index contributed by atoms with van der Waals surface area (Å²) >= 11 is 5.95. The highest BCUT2D eigenvalue weighted by molar-refractivity contribution is 6.30. The van der Waals surface area contributed by atoms with Gasteiger partial charge in [0.1, 0.15) is 23.0 Å². The van der Waals surface area contributed by atoms with Gasteiger partial charge in [-0.2, -0.15) is 4.98 Å². The molecule has 1 aliphatic carbocycles. The lowest BCUT2D eigenvalue weighted by atomic mass is 10.1. The van der Waals surface area contributed by atoms with Crippen molar-refractivity contribution < 1.29 is 23.8 Å². The fraction of sp³-hybridized carbons (Fsp3) is 0.296. The van der Waals surface area contributed by atoms with Crippen LogP contribution in [0.1, 0.15) is 41.3 Å². The van der Waals surface area contributed by atoms with E-state index in [-0.39, 0.29) is 23.9 Å². The van der Waals surface area contributed by atoms with Gasteiger partial charge in [-0.15, -0.1) is 10.2 Å². The molecule has 1 amide bonds. The minimum atomic E-state index is -0.721. The van der Waals surface area contributed by atoms with Crippen LogP contribution in [0.2, 0.25) is 5.02 Å². The van der Waals surface area contributed by atoms with Gasteiger partial charge >= 0.3 is 0 Å². The van der Waals surface area contributed by atoms with E-state index < -0.39 is 17.3 Å². The summed E-state index contributed by atoms with van der Waals surface area (Å²) in [5.74, 6) is 0.676. The summed E-state index contributed by atoms with van der Waals surface area (Å²) in [4.78, 5) is 29.9. The van der Waals surface area contributed by atoms with Gasteiger partial charge in [-0.05, 0) is 42.7 Å². The van der Waals surface area contributed by atoms with Crippen molar-refractivity contribution in [2.75, 3.05) is 14.2 Å².